The molecule has 0 bridgehead atoms. The average molecular weight is 331 g/mol. The molecule has 0 radical (unpaired) electrons. The van der Waals surface area contributed by atoms with Crippen LogP contribution in [0.25, 0.3) is 0 Å². The van der Waals surface area contributed by atoms with Gasteiger partial charge in [-0.15, -0.1) is 0 Å². The van der Waals surface area contributed by atoms with Gasteiger partial charge in [-0.2, -0.15) is 14.8 Å². The van der Waals surface area contributed by atoms with Crippen LogP contribution in [0.3, 0.4) is 0 Å². The minimum Gasteiger partial charge on any atom is -0.321 e. The minimum absolute atomic E-state index is 0.0764. The molecule has 0 unspecified atom stereocenters. The van der Waals surface area contributed by atoms with Crippen molar-refractivity contribution in [2.24, 2.45) is 10.2 Å². The van der Waals surface area contributed by atoms with Gasteiger partial charge in [-0.3, -0.25) is 4.79 Å². The number of carbonyl (C=O) groups excluding carboxylic acids is 1. The number of pyridine rings is 1. The first-order valence-corrected chi connectivity index (χ1v) is 8.01. The normalized spacial score (nSPS) is 10.8. The van der Waals surface area contributed by atoms with Crippen molar-refractivity contribution in [3.63, 3.8) is 0 Å². The number of carbonyl (C=O) groups is 1. The number of rotatable bonds is 5. The predicted molar refractivity (Wildman–Crippen MR) is 97.1 cm³/mol. The molecule has 3 aromatic rings. The van der Waals surface area contributed by atoms with Gasteiger partial charge in [0.1, 0.15) is 0 Å². The van der Waals surface area contributed by atoms with E-state index < -0.39 is 0 Å². The van der Waals surface area contributed by atoms with Crippen LogP contribution in [0.15, 0.2) is 89.4 Å². The molecule has 0 spiro atoms. The van der Waals surface area contributed by atoms with Gasteiger partial charge in [-0.05, 0) is 48.9 Å². The molecule has 3 rings (SSSR count). The zero-order chi connectivity index (χ0) is 17.5. The Kier molecular flexibility index (Phi) is 5.26. The summed E-state index contributed by atoms with van der Waals surface area (Å²) in [6.45, 7) is 2.29. The average Bonchev–Trinajstić information content (AvgIpc) is 2.64. The number of amides is 1. The second-order valence-corrected chi connectivity index (χ2v) is 5.68. The quantitative estimate of drug-likeness (QED) is 0.549. The highest BCUT2D eigenvalue weighted by atomic mass is 16.1. The third-order valence-corrected chi connectivity index (χ3v) is 3.57. The maximum absolute atomic E-state index is 12.1. The Hall–Kier alpha value is -3.34. The summed E-state index contributed by atoms with van der Waals surface area (Å²) in [5.74, 6) is -0.0764. The molecule has 5 heteroatoms. The standard InChI is InChI=1S/C20H18N4O/c1-16-11-13-24(14-12-16)15-20(25)21-17-7-9-19(10-8-17)23-22-18-5-3-2-4-6-18/h2-14H,15H2,1H3/p+1. The van der Waals surface area contributed by atoms with Gasteiger partial charge in [0.05, 0.1) is 11.4 Å². The number of hydrogen-bond acceptors (Lipinski definition) is 3. The summed E-state index contributed by atoms with van der Waals surface area (Å²) in [5.41, 5.74) is 3.43. The fourth-order valence-corrected chi connectivity index (χ4v) is 2.23. The Morgan fingerprint density at radius 3 is 2.12 bits per heavy atom. The Morgan fingerprint density at radius 1 is 0.880 bits per heavy atom. The first-order valence-electron chi connectivity index (χ1n) is 8.01. The summed E-state index contributed by atoms with van der Waals surface area (Å²) in [6.07, 6.45) is 3.78. The molecular weight excluding hydrogens is 312 g/mol. The second kappa shape index (κ2) is 7.97. The lowest BCUT2D eigenvalue weighted by Gasteiger charge is -2.03. The van der Waals surface area contributed by atoms with Gasteiger partial charge in [-0.1, -0.05) is 18.2 Å². The Balaban J connectivity index is 1.57. The van der Waals surface area contributed by atoms with Gasteiger partial charge in [0, 0.05) is 17.8 Å². The summed E-state index contributed by atoms with van der Waals surface area (Å²) in [6, 6.07) is 20.8. The number of azo groups is 1. The molecule has 0 saturated carbocycles. The summed E-state index contributed by atoms with van der Waals surface area (Å²) >= 11 is 0. The summed E-state index contributed by atoms with van der Waals surface area (Å²) in [4.78, 5) is 12.1. The molecule has 1 amide bonds. The first kappa shape index (κ1) is 16.5. The summed E-state index contributed by atoms with van der Waals surface area (Å²) in [7, 11) is 0. The van der Waals surface area contributed by atoms with Crippen LogP contribution in [-0.4, -0.2) is 5.91 Å². The third kappa shape index (κ3) is 5.07. The van der Waals surface area contributed by atoms with Gasteiger partial charge in [0.15, 0.2) is 12.4 Å². The molecule has 1 aromatic heterocycles. The zero-order valence-electron chi connectivity index (χ0n) is 14.0. The van der Waals surface area contributed by atoms with E-state index in [-0.39, 0.29) is 12.5 Å². The SMILES string of the molecule is Cc1cc[n+](CC(=O)Nc2ccc(N=Nc3ccccc3)cc2)cc1. The van der Waals surface area contributed by atoms with Crippen LogP contribution in [0.2, 0.25) is 0 Å². The van der Waals surface area contributed by atoms with Crippen LogP contribution < -0.4 is 9.88 Å². The van der Waals surface area contributed by atoms with E-state index in [9.17, 15) is 4.79 Å². The molecule has 124 valence electrons. The van der Waals surface area contributed by atoms with Crippen molar-refractivity contribution in [3.8, 4) is 0 Å². The smallest absolute Gasteiger partial charge is 0.290 e. The molecule has 0 aliphatic heterocycles. The predicted octanol–water partition coefficient (Wildman–Crippen LogP) is 4.34. The van der Waals surface area contributed by atoms with Crippen molar-refractivity contribution in [2.45, 2.75) is 13.5 Å². The Bertz CT molecular complexity index is 856. The highest BCUT2D eigenvalue weighted by Crippen LogP contribution is 2.19. The van der Waals surface area contributed by atoms with E-state index in [1.165, 1.54) is 0 Å². The number of anilines is 1. The van der Waals surface area contributed by atoms with Crippen LogP contribution in [0.1, 0.15) is 5.56 Å². The fraction of sp³-hybridized carbons (Fsp3) is 0.100. The van der Waals surface area contributed by atoms with Crippen LogP contribution in [0.5, 0.6) is 0 Å². The van der Waals surface area contributed by atoms with E-state index in [1.807, 2.05) is 90.6 Å². The molecule has 0 aliphatic carbocycles. The van der Waals surface area contributed by atoms with Crippen LogP contribution in [-0.2, 0) is 11.3 Å². The number of aromatic nitrogens is 1. The molecule has 2 aromatic carbocycles. The zero-order valence-corrected chi connectivity index (χ0v) is 14.0. The highest BCUT2D eigenvalue weighted by Gasteiger charge is 2.09. The van der Waals surface area contributed by atoms with Gasteiger partial charge in [0.25, 0.3) is 5.91 Å². The van der Waals surface area contributed by atoms with E-state index in [0.29, 0.717) is 0 Å². The van der Waals surface area contributed by atoms with Gasteiger partial charge in [0.2, 0.25) is 6.54 Å². The number of nitrogens with zero attached hydrogens (tertiary/aromatic N) is 3. The van der Waals surface area contributed by atoms with E-state index in [1.54, 1.807) is 0 Å². The van der Waals surface area contributed by atoms with Gasteiger partial charge < -0.3 is 5.32 Å². The van der Waals surface area contributed by atoms with Crippen molar-refractivity contribution in [1.29, 1.82) is 0 Å². The number of benzene rings is 2. The Morgan fingerprint density at radius 2 is 1.48 bits per heavy atom. The van der Waals surface area contributed by atoms with Crippen molar-refractivity contribution >= 4 is 23.0 Å². The molecule has 0 fully saturated rings. The van der Waals surface area contributed by atoms with Crippen molar-refractivity contribution in [2.75, 3.05) is 5.32 Å². The Labute approximate surface area is 146 Å². The molecular formula is C20H19N4O+. The lowest BCUT2D eigenvalue weighted by molar-refractivity contribution is -0.684. The van der Waals surface area contributed by atoms with E-state index in [2.05, 4.69) is 15.5 Å². The van der Waals surface area contributed by atoms with E-state index in [4.69, 9.17) is 0 Å². The molecule has 1 N–H and O–H groups in total. The summed E-state index contributed by atoms with van der Waals surface area (Å²) < 4.78 is 1.84. The fourth-order valence-electron chi connectivity index (χ4n) is 2.23. The van der Waals surface area contributed by atoms with Gasteiger partial charge in [-0.25, -0.2) is 0 Å². The first-order chi connectivity index (χ1) is 12.2. The molecule has 1 heterocycles. The minimum atomic E-state index is -0.0764. The van der Waals surface area contributed by atoms with Crippen molar-refractivity contribution < 1.29 is 9.36 Å². The molecule has 0 saturated heterocycles. The maximum Gasteiger partial charge on any atom is 0.290 e. The van der Waals surface area contributed by atoms with Gasteiger partial charge >= 0.3 is 0 Å². The second-order valence-electron chi connectivity index (χ2n) is 5.68. The van der Waals surface area contributed by atoms with E-state index >= 15 is 0 Å². The van der Waals surface area contributed by atoms with Crippen molar-refractivity contribution in [3.05, 3.63) is 84.7 Å². The third-order valence-electron chi connectivity index (χ3n) is 3.57. The number of hydrogen-bond donors (Lipinski definition) is 1. The molecule has 5 nitrogen and oxygen atoms in total. The largest absolute Gasteiger partial charge is 0.321 e. The number of nitrogens with one attached hydrogen (secondary N) is 1. The lowest BCUT2D eigenvalue weighted by atomic mass is 10.3. The van der Waals surface area contributed by atoms with E-state index in [0.717, 1.165) is 22.6 Å². The molecule has 0 atom stereocenters. The van der Waals surface area contributed by atoms with Crippen LogP contribution >= 0.6 is 0 Å². The maximum atomic E-state index is 12.1. The monoisotopic (exact) mass is 331 g/mol. The topological polar surface area (TPSA) is 57.7 Å². The lowest BCUT2D eigenvalue weighted by Crippen LogP contribution is -2.39. The number of aryl methyl sites for hydroxylation is 1. The summed E-state index contributed by atoms with van der Waals surface area (Å²) in [5, 5.41) is 11.2. The molecule has 0 aliphatic rings. The highest BCUT2D eigenvalue weighted by molar-refractivity contribution is 5.89. The van der Waals surface area contributed by atoms with Crippen molar-refractivity contribution in [1.82, 2.24) is 0 Å². The van der Waals surface area contributed by atoms with Crippen LogP contribution in [0.4, 0.5) is 17.1 Å². The molecule has 25 heavy (non-hydrogen) atoms. The van der Waals surface area contributed by atoms with Crippen LogP contribution in [0, 0.1) is 6.92 Å².